The van der Waals surface area contributed by atoms with E-state index in [1.807, 2.05) is 0 Å². The summed E-state index contributed by atoms with van der Waals surface area (Å²) in [7, 11) is 0. The van der Waals surface area contributed by atoms with Crippen LogP contribution in [-0.4, -0.2) is 81.6 Å². The Labute approximate surface area is 104 Å². The van der Waals surface area contributed by atoms with Crippen LogP contribution >= 0.6 is 0 Å². The molecule has 1 saturated heterocycles. The fourth-order valence-electron chi connectivity index (χ4n) is 2.10. The molecule has 2 rings (SSSR count). The number of aliphatic hydroxyl groups is 5. The molecule has 0 spiro atoms. The molecule has 8 heteroatoms. The van der Waals surface area contributed by atoms with Crippen molar-refractivity contribution in [1.29, 1.82) is 0 Å². The summed E-state index contributed by atoms with van der Waals surface area (Å²) in [5, 5.41) is 46.5. The van der Waals surface area contributed by atoms with Crippen LogP contribution in [-0.2, 0) is 9.47 Å². The summed E-state index contributed by atoms with van der Waals surface area (Å²) in [4.78, 5) is 0. The van der Waals surface area contributed by atoms with Crippen LogP contribution in [0.15, 0.2) is 0 Å². The zero-order valence-electron chi connectivity index (χ0n) is 9.66. The van der Waals surface area contributed by atoms with Crippen molar-refractivity contribution in [3.8, 4) is 0 Å². The highest BCUT2D eigenvalue weighted by Gasteiger charge is 2.54. The van der Waals surface area contributed by atoms with Crippen molar-refractivity contribution < 1.29 is 35.0 Å². The molecule has 2 aliphatic rings. The van der Waals surface area contributed by atoms with E-state index in [4.69, 9.17) is 25.4 Å². The average molecular weight is 265 g/mol. The van der Waals surface area contributed by atoms with Gasteiger partial charge in [-0.2, -0.15) is 0 Å². The smallest absolute Gasteiger partial charge is 0.176 e. The maximum atomic E-state index is 9.68. The van der Waals surface area contributed by atoms with Gasteiger partial charge in [0.15, 0.2) is 6.29 Å². The van der Waals surface area contributed by atoms with Crippen molar-refractivity contribution in [2.75, 3.05) is 13.2 Å². The van der Waals surface area contributed by atoms with Gasteiger partial charge in [0.1, 0.15) is 18.3 Å². The summed E-state index contributed by atoms with van der Waals surface area (Å²) >= 11 is 0. The summed E-state index contributed by atoms with van der Waals surface area (Å²) in [5.41, 5.74) is 5.65. The first-order valence-corrected chi connectivity index (χ1v) is 5.83. The van der Waals surface area contributed by atoms with Gasteiger partial charge < -0.3 is 40.7 Å². The lowest BCUT2D eigenvalue weighted by molar-refractivity contribution is -0.271. The van der Waals surface area contributed by atoms with E-state index >= 15 is 0 Å². The van der Waals surface area contributed by atoms with E-state index in [-0.39, 0.29) is 6.61 Å². The minimum Gasteiger partial charge on any atom is -0.396 e. The molecule has 1 saturated carbocycles. The van der Waals surface area contributed by atoms with E-state index in [0.717, 1.165) is 0 Å². The number of aliphatic hydroxyl groups excluding tert-OH is 5. The van der Waals surface area contributed by atoms with Crippen LogP contribution in [0.1, 0.15) is 0 Å². The van der Waals surface area contributed by atoms with Gasteiger partial charge in [-0.15, -0.1) is 0 Å². The van der Waals surface area contributed by atoms with Crippen LogP contribution in [0.4, 0.5) is 0 Å². The first-order valence-electron chi connectivity index (χ1n) is 5.83. The van der Waals surface area contributed by atoms with E-state index in [2.05, 4.69) is 0 Å². The average Bonchev–Trinajstić information content (AvgIpc) is 2.99. The fraction of sp³-hybridized carbons (Fsp3) is 1.00. The Bertz CT molecular complexity index is 289. The number of hydrogen-bond donors (Lipinski definition) is 6. The van der Waals surface area contributed by atoms with E-state index < -0.39 is 55.4 Å². The molecule has 18 heavy (non-hydrogen) atoms. The van der Waals surface area contributed by atoms with Crippen LogP contribution < -0.4 is 5.73 Å². The molecule has 0 aromatic rings. The van der Waals surface area contributed by atoms with Crippen molar-refractivity contribution in [3.05, 3.63) is 0 Å². The Morgan fingerprint density at radius 2 is 1.67 bits per heavy atom. The molecule has 8 atom stereocenters. The molecule has 0 aromatic heterocycles. The Hall–Kier alpha value is -0.320. The molecule has 8 nitrogen and oxygen atoms in total. The van der Waals surface area contributed by atoms with Crippen molar-refractivity contribution in [2.45, 2.75) is 42.9 Å². The molecule has 0 aromatic carbocycles. The summed E-state index contributed by atoms with van der Waals surface area (Å²) in [6, 6.07) is -0.991. The highest BCUT2D eigenvalue weighted by molar-refractivity contribution is 5.01. The number of ether oxygens (including phenoxy) is 2. The molecular formula is C10H19NO7. The molecular weight excluding hydrogens is 246 g/mol. The second-order valence-electron chi connectivity index (χ2n) is 4.72. The van der Waals surface area contributed by atoms with E-state index in [1.165, 1.54) is 0 Å². The van der Waals surface area contributed by atoms with Crippen LogP contribution in [0, 0.1) is 5.92 Å². The Kier molecular flexibility index (Phi) is 4.19. The van der Waals surface area contributed by atoms with Crippen molar-refractivity contribution in [3.63, 3.8) is 0 Å². The Morgan fingerprint density at radius 3 is 2.17 bits per heavy atom. The third-order valence-corrected chi connectivity index (χ3v) is 3.49. The maximum Gasteiger partial charge on any atom is 0.176 e. The maximum absolute atomic E-state index is 9.68. The molecule has 7 N–H and O–H groups in total. The van der Waals surface area contributed by atoms with Gasteiger partial charge >= 0.3 is 0 Å². The lowest BCUT2D eigenvalue weighted by atomic mass is 9.98. The second kappa shape index (κ2) is 5.35. The van der Waals surface area contributed by atoms with E-state index in [1.54, 1.807) is 0 Å². The van der Waals surface area contributed by atoms with Crippen LogP contribution in [0.2, 0.25) is 0 Å². The molecule has 0 amide bonds. The normalized spacial score (nSPS) is 52.3. The van der Waals surface area contributed by atoms with Crippen molar-refractivity contribution >= 4 is 0 Å². The van der Waals surface area contributed by atoms with Gasteiger partial charge in [0.2, 0.25) is 0 Å². The summed E-state index contributed by atoms with van der Waals surface area (Å²) in [6.07, 6.45) is -6.01. The zero-order valence-corrected chi connectivity index (χ0v) is 9.66. The summed E-state index contributed by atoms with van der Waals surface area (Å²) < 4.78 is 10.6. The first kappa shape index (κ1) is 14.1. The SMILES string of the molecule is NC1C(OC2C(O)C2CO)OC(CO)C(O)C1O. The van der Waals surface area contributed by atoms with Gasteiger partial charge in [-0.25, -0.2) is 0 Å². The van der Waals surface area contributed by atoms with Crippen molar-refractivity contribution in [1.82, 2.24) is 0 Å². The van der Waals surface area contributed by atoms with E-state index in [0.29, 0.717) is 0 Å². The molecule has 1 heterocycles. The molecule has 0 bridgehead atoms. The number of rotatable bonds is 4. The second-order valence-corrected chi connectivity index (χ2v) is 4.72. The molecule has 1 aliphatic carbocycles. The van der Waals surface area contributed by atoms with Gasteiger partial charge in [-0.3, -0.25) is 0 Å². The topological polar surface area (TPSA) is 146 Å². The lowest BCUT2D eigenvalue weighted by Crippen LogP contribution is -2.62. The summed E-state index contributed by atoms with van der Waals surface area (Å²) in [5.74, 6) is -0.391. The molecule has 1 aliphatic heterocycles. The quantitative estimate of drug-likeness (QED) is 0.303. The van der Waals surface area contributed by atoms with Crippen molar-refractivity contribution in [2.24, 2.45) is 11.7 Å². The third-order valence-electron chi connectivity index (χ3n) is 3.49. The number of nitrogens with two attached hydrogens (primary N) is 1. The molecule has 106 valence electrons. The molecule has 8 unspecified atom stereocenters. The third kappa shape index (κ3) is 2.38. The standard InChI is InChI=1S/C10H19NO7/c11-5-8(16)7(15)4(2-13)17-10(5)18-9-3(1-12)6(9)14/h3-10,12-16H,1-2,11H2. The lowest BCUT2D eigenvalue weighted by Gasteiger charge is -2.40. The highest BCUT2D eigenvalue weighted by Crippen LogP contribution is 2.36. The predicted molar refractivity (Wildman–Crippen MR) is 57.2 cm³/mol. The first-order chi connectivity index (χ1) is 8.51. The molecule has 2 fully saturated rings. The van der Waals surface area contributed by atoms with Gasteiger partial charge in [-0.05, 0) is 0 Å². The Balaban J connectivity index is 1.95. The van der Waals surface area contributed by atoms with Gasteiger partial charge in [0, 0.05) is 5.92 Å². The molecule has 0 radical (unpaired) electrons. The summed E-state index contributed by atoms with van der Waals surface area (Å²) in [6.45, 7) is -0.705. The predicted octanol–water partition coefficient (Wildman–Crippen LogP) is -3.88. The number of hydrogen-bond acceptors (Lipinski definition) is 8. The van der Waals surface area contributed by atoms with Crippen LogP contribution in [0.3, 0.4) is 0 Å². The van der Waals surface area contributed by atoms with Crippen LogP contribution in [0.5, 0.6) is 0 Å². The van der Waals surface area contributed by atoms with E-state index in [9.17, 15) is 15.3 Å². The Morgan fingerprint density at radius 1 is 1.00 bits per heavy atom. The zero-order chi connectivity index (χ0) is 13.4. The monoisotopic (exact) mass is 265 g/mol. The fourth-order valence-corrected chi connectivity index (χ4v) is 2.10. The van der Waals surface area contributed by atoms with Gasteiger partial charge in [-0.1, -0.05) is 0 Å². The van der Waals surface area contributed by atoms with Gasteiger partial charge in [0.05, 0.1) is 31.5 Å². The minimum absolute atomic E-state index is 0.220. The largest absolute Gasteiger partial charge is 0.396 e. The minimum atomic E-state index is -1.29. The highest BCUT2D eigenvalue weighted by atomic mass is 16.7. The van der Waals surface area contributed by atoms with Crippen LogP contribution in [0.25, 0.3) is 0 Å². The van der Waals surface area contributed by atoms with Gasteiger partial charge in [0.25, 0.3) is 0 Å².